The summed E-state index contributed by atoms with van der Waals surface area (Å²) in [6.45, 7) is 8.13. The average Bonchev–Trinajstić information content (AvgIpc) is 2.83. The Morgan fingerprint density at radius 2 is 2.26 bits per heavy atom. The zero-order chi connectivity index (χ0) is 13.8. The molecule has 5 nitrogen and oxygen atoms in total. The summed E-state index contributed by atoms with van der Waals surface area (Å²) in [6.07, 6.45) is 4.07. The molecule has 1 aliphatic heterocycles. The molecule has 0 aliphatic carbocycles. The lowest BCUT2D eigenvalue weighted by Gasteiger charge is -2.20. The van der Waals surface area contributed by atoms with E-state index in [9.17, 15) is 0 Å². The number of aromatic nitrogens is 2. The van der Waals surface area contributed by atoms with E-state index < -0.39 is 0 Å². The fourth-order valence-corrected chi connectivity index (χ4v) is 2.72. The first-order valence-electron chi connectivity index (χ1n) is 7.09. The smallest absolute Gasteiger partial charge is 0.134 e. The van der Waals surface area contributed by atoms with Gasteiger partial charge in [0, 0.05) is 24.6 Å². The normalized spacial score (nSPS) is 22.9. The Labute approximate surface area is 115 Å². The molecule has 19 heavy (non-hydrogen) atoms. The first-order chi connectivity index (χ1) is 9.13. The van der Waals surface area contributed by atoms with Gasteiger partial charge < -0.3 is 15.8 Å². The molecule has 3 N–H and O–H groups in total. The predicted molar refractivity (Wildman–Crippen MR) is 77.2 cm³/mol. The topological polar surface area (TPSA) is 73.1 Å². The maximum Gasteiger partial charge on any atom is 0.134 e. The van der Waals surface area contributed by atoms with E-state index in [0.29, 0.717) is 23.8 Å². The zero-order valence-electron chi connectivity index (χ0n) is 12.0. The summed E-state index contributed by atoms with van der Waals surface area (Å²) in [5.41, 5.74) is 6.95. The number of nitrogens with two attached hydrogens (primary N) is 1. The standard InChI is InChI=1S/C14H24N4O/c1-4-11-10(5-6-19-11)7-16-14-12(9(2)3)13(15)17-8-18-14/h8-11H,4-7H2,1-3H3,(H3,15,16,17,18). The molecular formula is C14H24N4O. The molecule has 2 atom stereocenters. The van der Waals surface area contributed by atoms with Crippen LogP contribution in [-0.2, 0) is 4.74 Å². The van der Waals surface area contributed by atoms with Gasteiger partial charge in [-0.25, -0.2) is 9.97 Å². The van der Waals surface area contributed by atoms with E-state index >= 15 is 0 Å². The van der Waals surface area contributed by atoms with Crippen LogP contribution in [0.4, 0.5) is 11.6 Å². The maximum absolute atomic E-state index is 5.94. The molecule has 2 unspecified atom stereocenters. The lowest BCUT2D eigenvalue weighted by atomic mass is 9.99. The maximum atomic E-state index is 5.94. The van der Waals surface area contributed by atoms with Gasteiger partial charge in [-0.15, -0.1) is 0 Å². The van der Waals surface area contributed by atoms with E-state index in [1.54, 1.807) is 0 Å². The Hall–Kier alpha value is -1.36. The van der Waals surface area contributed by atoms with E-state index in [1.807, 2.05) is 0 Å². The van der Waals surface area contributed by atoms with Crippen molar-refractivity contribution in [3.05, 3.63) is 11.9 Å². The summed E-state index contributed by atoms with van der Waals surface area (Å²) in [4.78, 5) is 8.40. The Morgan fingerprint density at radius 1 is 1.47 bits per heavy atom. The first kappa shape index (κ1) is 14.1. The molecule has 2 heterocycles. The minimum atomic E-state index is 0.311. The van der Waals surface area contributed by atoms with Crippen molar-refractivity contribution in [1.82, 2.24) is 9.97 Å². The van der Waals surface area contributed by atoms with E-state index in [-0.39, 0.29) is 0 Å². The molecule has 0 bridgehead atoms. The van der Waals surface area contributed by atoms with Crippen molar-refractivity contribution in [2.75, 3.05) is 24.2 Å². The summed E-state index contributed by atoms with van der Waals surface area (Å²) >= 11 is 0. The van der Waals surface area contributed by atoms with Gasteiger partial charge in [0.15, 0.2) is 0 Å². The molecule has 1 aromatic rings. The molecule has 1 aromatic heterocycles. The van der Waals surface area contributed by atoms with Crippen molar-refractivity contribution < 1.29 is 4.74 Å². The predicted octanol–water partition coefficient (Wildman–Crippen LogP) is 2.41. The molecule has 106 valence electrons. The summed E-state index contributed by atoms with van der Waals surface area (Å²) < 4.78 is 5.71. The van der Waals surface area contributed by atoms with Gasteiger partial charge in [0.05, 0.1) is 6.10 Å². The number of anilines is 2. The Kier molecular flexibility index (Phi) is 4.58. The highest BCUT2D eigenvalue weighted by Gasteiger charge is 2.26. The molecule has 2 rings (SSSR count). The molecule has 0 aromatic carbocycles. The van der Waals surface area contributed by atoms with Gasteiger partial charge in [0.2, 0.25) is 0 Å². The van der Waals surface area contributed by atoms with Crippen LogP contribution in [0.3, 0.4) is 0 Å². The molecule has 0 spiro atoms. The van der Waals surface area contributed by atoms with Crippen LogP contribution in [-0.4, -0.2) is 29.2 Å². The molecular weight excluding hydrogens is 240 g/mol. The lowest BCUT2D eigenvalue weighted by molar-refractivity contribution is 0.0900. The van der Waals surface area contributed by atoms with Crippen molar-refractivity contribution in [2.45, 2.75) is 45.6 Å². The van der Waals surface area contributed by atoms with E-state index in [4.69, 9.17) is 10.5 Å². The molecule has 5 heteroatoms. The van der Waals surface area contributed by atoms with Crippen molar-refractivity contribution >= 4 is 11.6 Å². The quantitative estimate of drug-likeness (QED) is 0.854. The van der Waals surface area contributed by atoms with Crippen LogP contribution in [0, 0.1) is 5.92 Å². The second-order valence-corrected chi connectivity index (χ2v) is 5.42. The highest BCUT2D eigenvalue weighted by molar-refractivity contribution is 5.56. The average molecular weight is 264 g/mol. The molecule has 0 radical (unpaired) electrons. The minimum Gasteiger partial charge on any atom is -0.383 e. The van der Waals surface area contributed by atoms with Crippen molar-refractivity contribution in [3.63, 3.8) is 0 Å². The van der Waals surface area contributed by atoms with Gasteiger partial charge in [-0.1, -0.05) is 20.8 Å². The highest BCUT2D eigenvalue weighted by Crippen LogP contribution is 2.28. The monoisotopic (exact) mass is 264 g/mol. The lowest BCUT2D eigenvalue weighted by Crippen LogP contribution is -2.24. The van der Waals surface area contributed by atoms with Crippen molar-refractivity contribution in [3.8, 4) is 0 Å². The SMILES string of the molecule is CCC1OCCC1CNc1ncnc(N)c1C(C)C. The van der Waals surface area contributed by atoms with Crippen LogP contribution < -0.4 is 11.1 Å². The van der Waals surface area contributed by atoms with Crippen molar-refractivity contribution in [2.24, 2.45) is 5.92 Å². The Morgan fingerprint density at radius 3 is 2.95 bits per heavy atom. The van der Waals surface area contributed by atoms with Crippen LogP contribution in [0.15, 0.2) is 6.33 Å². The summed E-state index contributed by atoms with van der Waals surface area (Å²) in [6, 6.07) is 0. The van der Waals surface area contributed by atoms with Crippen LogP contribution in [0.25, 0.3) is 0 Å². The van der Waals surface area contributed by atoms with Crippen LogP contribution >= 0.6 is 0 Å². The number of ether oxygens (including phenoxy) is 1. The van der Waals surface area contributed by atoms with Crippen LogP contribution in [0.2, 0.25) is 0 Å². The molecule has 0 amide bonds. The second-order valence-electron chi connectivity index (χ2n) is 5.42. The minimum absolute atomic E-state index is 0.311. The third-order valence-corrected chi connectivity index (χ3v) is 3.77. The van der Waals surface area contributed by atoms with Gasteiger partial charge in [-0.2, -0.15) is 0 Å². The molecule has 1 saturated heterocycles. The fraction of sp³-hybridized carbons (Fsp3) is 0.714. The van der Waals surface area contributed by atoms with E-state index in [1.165, 1.54) is 6.33 Å². The van der Waals surface area contributed by atoms with Crippen molar-refractivity contribution in [1.29, 1.82) is 0 Å². The third-order valence-electron chi connectivity index (χ3n) is 3.77. The van der Waals surface area contributed by atoms with Gasteiger partial charge in [0.1, 0.15) is 18.0 Å². The fourth-order valence-electron chi connectivity index (χ4n) is 2.72. The summed E-state index contributed by atoms with van der Waals surface area (Å²) in [7, 11) is 0. The van der Waals surface area contributed by atoms with Crippen LogP contribution in [0.1, 0.15) is 45.1 Å². The number of hydrogen-bond donors (Lipinski definition) is 2. The number of nitrogens with one attached hydrogen (secondary N) is 1. The summed E-state index contributed by atoms with van der Waals surface area (Å²) in [5, 5.41) is 3.43. The van der Waals surface area contributed by atoms with Gasteiger partial charge in [-0.3, -0.25) is 0 Å². The number of nitrogen functional groups attached to an aromatic ring is 1. The Bertz CT molecular complexity index is 422. The first-order valence-corrected chi connectivity index (χ1v) is 7.09. The molecule has 0 saturated carbocycles. The number of rotatable bonds is 5. The summed E-state index contributed by atoms with van der Waals surface area (Å²) in [5.74, 6) is 2.30. The van der Waals surface area contributed by atoms with Gasteiger partial charge in [-0.05, 0) is 18.8 Å². The number of nitrogens with zero attached hydrogens (tertiary/aromatic N) is 2. The Balaban J connectivity index is 2.05. The van der Waals surface area contributed by atoms with E-state index in [0.717, 1.165) is 37.4 Å². The highest BCUT2D eigenvalue weighted by atomic mass is 16.5. The van der Waals surface area contributed by atoms with Gasteiger partial charge >= 0.3 is 0 Å². The largest absolute Gasteiger partial charge is 0.383 e. The number of hydrogen-bond acceptors (Lipinski definition) is 5. The van der Waals surface area contributed by atoms with E-state index in [2.05, 4.69) is 36.1 Å². The van der Waals surface area contributed by atoms with Crippen LogP contribution in [0.5, 0.6) is 0 Å². The van der Waals surface area contributed by atoms with Gasteiger partial charge in [0.25, 0.3) is 0 Å². The molecule has 1 fully saturated rings. The molecule has 1 aliphatic rings. The zero-order valence-corrected chi connectivity index (χ0v) is 12.0. The third kappa shape index (κ3) is 3.15. The second kappa shape index (κ2) is 6.19.